The summed E-state index contributed by atoms with van der Waals surface area (Å²) in [6, 6.07) is 5.97. The number of aliphatic hydroxyl groups excluding tert-OH is 1. The highest BCUT2D eigenvalue weighted by Crippen LogP contribution is 2.26. The zero-order chi connectivity index (χ0) is 14.7. The Labute approximate surface area is 128 Å². The van der Waals surface area contributed by atoms with Crippen LogP contribution in [0.2, 0.25) is 0 Å². The highest BCUT2D eigenvalue weighted by molar-refractivity contribution is 9.10. The normalized spacial score (nSPS) is 12.9. The van der Waals surface area contributed by atoms with Gasteiger partial charge < -0.3 is 5.11 Å². The minimum absolute atomic E-state index is 0.467. The molecule has 1 heterocycles. The third-order valence-electron chi connectivity index (χ3n) is 3.12. The fourth-order valence-corrected chi connectivity index (χ4v) is 2.89. The molecule has 0 aliphatic rings. The van der Waals surface area contributed by atoms with Crippen molar-refractivity contribution in [3.63, 3.8) is 0 Å². The topological polar surface area (TPSA) is 50.9 Å². The first-order valence-corrected chi connectivity index (χ1v) is 7.57. The molecule has 2 rings (SSSR count). The smallest absolute Gasteiger partial charge is 0.138 e. The molecule has 1 N–H and O–H groups in total. The molecule has 0 aliphatic carbocycles. The van der Waals surface area contributed by atoms with Gasteiger partial charge in [-0.25, -0.2) is 9.67 Å². The van der Waals surface area contributed by atoms with E-state index in [0.717, 1.165) is 28.0 Å². The van der Waals surface area contributed by atoms with E-state index in [1.165, 1.54) is 0 Å². The van der Waals surface area contributed by atoms with Crippen molar-refractivity contribution in [2.75, 3.05) is 0 Å². The number of aliphatic hydroxyl groups is 1. The van der Waals surface area contributed by atoms with Gasteiger partial charge in [-0.2, -0.15) is 5.10 Å². The van der Waals surface area contributed by atoms with Crippen molar-refractivity contribution in [3.05, 3.63) is 46.0 Å². The van der Waals surface area contributed by atoms with Crippen LogP contribution < -0.4 is 0 Å². The van der Waals surface area contributed by atoms with Crippen LogP contribution in [0.5, 0.6) is 0 Å². The lowest BCUT2D eigenvalue weighted by Crippen LogP contribution is -2.13. The lowest BCUT2D eigenvalue weighted by Gasteiger charge is -2.14. The summed E-state index contributed by atoms with van der Waals surface area (Å²) in [4.78, 5) is 4.26. The fraction of sp³-hybridized carbons (Fsp3) is 0.467. The summed E-state index contributed by atoms with van der Waals surface area (Å²) < 4.78 is 2.80. The first-order chi connectivity index (χ1) is 9.47. The van der Waals surface area contributed by atoms with E-state index in [2.05, 4.69) is 39.9 Å². The molecule has 0 fully saturated rings. The van der Waals surface area contributed by atoms with Gasteiger partial charge >= 0.3 is 0 Å². The molecule has 2 aromatic rings. The maximum atomic E-state index is 10.4. The molecule has 1 aromatic carbocycles. The van der Waals surface area contributed by atoms with Crippen LogP contribution in [0.3, 0.4) is 0 Å². The van der Waals surface area contributed by atoms with E-state index in [9.17, 15) is 5.11 Å². The molecule has 0 saturated heterocycles. The standard InChI is InChI=1S/C15H20BrN3O/c1-10(2)8-19-15(17-9-18-19)7-14(20)12-5-4-11(3)6-13(12)16/h4-6,9-10,14,20H,7-8H2,1-3H3. The molecule has 5 heteroatoms. The van der Waals surface area contributed by atoms with Gasteiger partial charge in [0.2, 0.25) is 0 Å². The number of hydrogen-bond donors (Lipinski definition) is 1. The minimum atomic E-state index is -0.583. The largest absolute Gasteiger partial charge is 0.388 e. The van der Waals surface area contributed by atoms with Gasteiger partial charge in [0, 0.05) is 17.4 Å². The van der Waals surface area contributed by atoms with Gasteiger partial charge in [-0.05, 0) is 30.0 Å². The Hall–Kier alpha value is -1.20. The number of nitrogens with zero attached hydrogens (tertiary/aromatic N) is 3. The summed E-state index contributed by atoms with van der Waals surface area (Å²) in [6.07, 6.45) is 1.43. The van der Waals surface area contributed by atoms with Gasteiger partial charge in [0.1, 0.15) is 12.2 Å². The van der Waals surface area contributed by atoms with Crippen LogP contribution in [-0.4, -0.2) is 19.9 Å². The van der Waals surface area contributed by atoms with E-state index in [1.807, 2.05) is 29.8 Å². The molecule has 0 saturated carbocycles. The average Bonchev–Trinajstić information content (AvgIpc) is 2.75. The molecule has 1 atom stereocenters. The van der Waals surface area contributed by atoms with Crippen LogP contribution in [0.25, 0.3) is 0 Å². The van der Waals surface area contributed by atoms with Crippen molar-refractivity contribution in [1.29, 1.82) is 0 Å². The van der Waals surface area contributed by atoms with E-state index >= 15 is 0 Å². The molecule has 1 unspecified atom stereocenters. The van der Waals surface area contributed by atoms with Gasteiger partial charge in [-0.3, -0.25) is 0 Å². The Bertz CT molecular complexity index is 580. The third-order valence-corrected chi connectivity index (χ3v) is 3.81. The van der Waals surface area contributed by atoms with Crippen LogP contribution in [0.15, 0.2) is 29.0 Å². The van der Waals surface area contributed by atoms with Crippen molar-refractivity contribution < 1.29 is 5.11 Å². The summed E-state index contributed by atoms with van der Waals surface area (Å²) >= 11 is 3.51. The van der Waals surface area contributed by atoms with Gasteiger partial charge in [0.25, 0.3) is 0 Å². The molecular weight excluding hydrogens is 318 g/mol. The first kappa shape index (κ1) is 15.2. The predicted molar refractivity (Wildman–Crippen MR) is 82.4 cm³/mol. The maximum absolute atomic E-state index is 10.4. The number of aryl methyl sites for hydroxylation is 1. The molecule has 1 aromatic heterocycles. The van der Waals surface area contributed by atoms with E-state index in [-0.39, 0.29) is 0 Å². The number of benzene rings is 1. The number of halogens is 1. The maximum Gasteiger partial charge on any atom is 0.138 e. The second-order valence-corrected chi connectivity index (χ2v) is 6.35. The van der Waals surface area contributed by atoms with Crippen molar-refractivity contribution >= 4 is 15.9 Å². The number of aromatic nitrogens is 3. The summed E-state index contributed by atoms with van der Waals surface area (Å²) in [5, 5.41) is 14.6. The SMILES string of the molecule is Cc1ccc(C(O)Cc2ncnn2CC(C)C)c(Br)c1. The van der Waals surface area contributed by atoms with Crippen LogP contribution >= 0.6 is 15.9 Å². The van der Waals surface area contributed by atoms with Gasteiger partial charge in [0.15, 0.2) is 0 Å². The van der Waals surface area contributed by atoms with Crippen LogP contribution in [0, 0.1) is 12.8 Å². The second kappa shape index (κ2) is 6.50. The first-order valence-electron chi connectivity index (χ1n) is 6.78. The molecule has 0 amide bonds. The second-order valence-electron chi connectivity index (χ2n) is 5.50. The van der Waals surface area contributed by atoms with Gasteiger partial charge in [-0.15, -0.1) is 0 Å². The van der Waals surface area contributed by atoms with Crippen molar-refractivity contribution in [2.24, 2.45) is 5.92 Å². The van der Waals surface area contributed by atoms with Crippen molar-refractivity contribution in [1.82, 2.24) is 14.8 Å². The van der Waals surface area contributed by atoms with E-state index in [0.29, 0.717) is 12.3 Å². The fourth-order valence-electron chi connectivity index (χ4n) is 2.13. The highest BCUT2D eigenvalue weighted by Gasteiger charge is 2.16. The Balaban J connectivity index is 2.15. The summed E-state index contributed by atoms with van der Waals surface area (Å²) in [5.41, 5.74) is 2.05. The Kier molecular flexibility index (Phi) is 4.94. The Morgan fingerprint density at radius 1 is 1.35 bits per heavy atom. The van der Waals surface area contributed by atoms with E-state index in [1.54, 1.807) is 6.33 Å². The van der Waals surface area contributed by atoms with E-state index in [4.69, 9.17) is 0 Å². The molecule has 4 nitrogen and oxygen atoms in total. The number of hydrogen-bond acceptors (Lipinski definition) is 3. The van der Waals surface area contributed by atoms with Gasteiger partial charge in [-0.1, -0.05) is 41.9 Å². The summed E-state index contributed by atoms with van der Waals surface area (Å²) in [5.74, 6) is 1.32. The lowest BCUT2D eigenvalue weighted by atomic mass is 10.0. The van der Waals surface area contributed by atoms with Crippen LogP contribution in [0.4, 0.5) is 0 Å². The zero-order valence-electron chi connectivity index (χ0n) is 12.0. The highest BCUT2D eigenvalue weighted by atomic mass is 79.9. The number of rotatable bonds is 5. The zero-order valence-corrected chi connectivity index (χ0v) is 13.6. The third kappa shape index (κ3) is 3.67. The summed E-state index contributed by atoms with van der Waals surface area (Å²) in [7, 11) is 0. The quantitative estimate of drug-likeness (QED) is 0.910. The average molecular weight is 338 g/mol. The lowest BCUT2D eigenvalue weighted by molar-refractivity contribution is 0.172. The molecule has 0 bridgehead atoms. The molecular formula is C15H20BrN3O. The molecule has 108 valence electrons. The van der Waals surface area contributed by atoms with E-state index < -0.39 is 6.10 Å². The van der Waals surface area contributed by atoms with Crippen LogP contribution in [0.1, 0.15) is 36.9 Å². The Morgan fingerprint density at radius 2 is 2.10 bits per heavy atom. The van der Waals surface area contributed by atoms with Crippen LogP contribution in [-0.2, 0) is 13.0 Å². The van der Waals surface area contributed by atoms with Crippen molar-refractivity contribution in [2.45, 2.75) is 39.8 Å². The summed E-state index contributed by atoms with van der Waals surface area (Å²) in [6.45, 7) is 7.12. The molecule has 0 aliphatic heterocycles. The Morgan fingerprint density at radius 3 is 2.75 bits per heavy atom. The predicted octanol–water partition coefficient (Wildman–Crippen LogP) is 3.28. The molecule has 0 radical (unpaired) electrons. The molecule has 20 heavy (non-hydrogen) atoms. The van der Waals surface area contributed by atoms with Crippen molar-refractivity contribution in [3.8, 4) is 0 Å². The monoisotopic (exact) mass is 337 g/mol. The van der Waals surface area contributed by atoms with Gasteiger partial charge in [0.05, 0.1) is 6.10 Å². The minimum Gasteiger partial charge on any atom is -0.388 e. The molecule has 0 spiro atoms.